The van der Waals surface area contributed by atoms with E-state index >= 15 is 0 Å². The van der Waals surface area contributed by atoms with Gasteiger partial charge in [-0.1, -0.05) is 24.3 Å². The summed E-state index contributed by atoms with van der Waals surface area (Å²) in [5, 5.41) is 2.54. The monoisotopic (exact) mass is 387 g/mol. The molecule has 0 N–H and O–H groups in total. The number of hydrogen-bond donors (Lipinski definition) is 0. The highest BCUT2D eigenvalue weighted by molar-refractivity contribution is 8.93. The van der Waals surface area contributed by atoms with Crippen LogP contribution in [0.4, 0.5) is 5.82 Å². The van der Waals surface area contributed by atoms with Gasteiger partial charge in [0.15, 0.2) is 0 Å². The summed E-state index contributed by atoms with van der Waals surface area (Å²) in [5.41, 5.74) is 0. The Kier molecular flexibility index (Phi) is 6.23. The molecule has 2 aromatic rings. The van der Waals surface area contributed by atoms with Crippen LogP contribution in [-0.4, -0.2) is 43.1 Å². The fourth-order valence-electron chi connectivity index (χ4n) is 2.37. The topological polar surface area (TPSA) is 19.4 Å². The Labute approximate surface area is 135 Å². The summed E-state index contributed by atoms with van der Waals surface area (Å²) >= 11 is 0. The molecular weight excluding hydrogens is 370 g/mol. The summed E-state index contributed by atoms with van der Waals surface area (Å²) in [6, 6.07) is 10.6. The summed E-state index contributed by atoms with van der Waals surface area (Å²) < 4.78 is 0. The second-order valence-corrected chi connectivity index (χ2v) is 4.65. The Balaban J connectivity index is 0.000000902. The van der Waals surface area contributed by atoms with Gasteiger partial charge in [0.05, 0.1) is 0 Å². The van der Waals surface area contributed by atoms with E-state index in [1.807, 2.05) is 6.20 Å². The zero-order valence-corrected chi connectivity index (χ0v) is 14.4. The van der Waals surface area contributed by atoms with E-state index in [9.17, 15) is 0 Å². The van der Waals surface area contributed by atoms with Gasteiger partial charge in [-0.2, -0.15) is 0 Å². The van der Waals surface area contributed by atoms with Gasteiger partial charge in [0.1, 0.15) is 5.82 Å². The molecule has 1 fully saturated rings. The van der Waals surface area contributed by atoms with Gasteiger partial charge >= 0.3 is 0 Å². The zero-order chi connectivity index (χ0) is 11.7. The van der Waals surface area contributed by atoms with Crippen LogP contribution in [0.2, 0.25) is 0 Å². The maximum absolute atomic E-state index is 4.56. The number of fused-ring (bicyclic) bond motifs is 1. The molecule has 1 aliphatic heterocycles. The normalized spacial score (nSPS) is 15.7. The number of piperazine rings is 1. The predicted octanol–water partition coefficient (Wildman–Crippen LogP) is 3.14. The number of pyridine rings is 1. The molecule has 0 atom stereocenters. The SMILES string of the molecule is Br.Br.CN1CCN(c2nccc3ccccc23)CC1. The van der Waals surface area contributed by atoms with Crippen LogP contribution in [0.5, 0.6) is 0 Å². The van der Waals surface area contributed by atoms with Gasteiger partial charge in [-0.25, -0.2) is 4.98 Å². The zero-order valence-electron chi connectivity index (χ0n) is 11.0. The molecule has 0 unspecified atom stereocenters. The molecule has 3 nitrogen and oxygen atoms in total. The van der Waals surface area contributed by atoms with Gasteiger partial charge in [0.25, 0.3) is 0 Å². The minimum atomic E-state index is 0. The van der Waals surface area contributed by atoms with E-state index in [-0.39, 0.29) is 34.0 Å². The highest BCUT2D eigenvalue weighted by atomic mass is 79.9. The van der Waals surface area contributed by atoms with Gasteiger partial charge in [-0.15, -0.1) is 34.0 Å². The van der Waals surface area contributed by atoms with Crippen LogP contribution in [0.1, 0.15) is 0 Å². The summed E-state index contributed by atoms with van der Waals surface area (Å²) in [4.78, 5) is 9.32. The number of anilines is 1. The molecule has 0 amide bonds. The minimum Gasteiger partial charge on any atom is -0.354 e. The van der Waals surface area contributed by atoms with Crippen LogP contribution < -0.4 is 4.90 Å². The molecule has 3 rings (SSSR count). The Morgan fingerprint density at radius 2 is 1.63 bits per heavy atom. The van der Waals surface area contributed by atoms with Crippen LogP contribution in [-0.2, 0) is 0 Å². The van der Waals surface area contributed by atoms with Crippen molar-refractivity contribution in [2.45, 2.75) is 0 Å². The first-order chi connectivity index (χ1) is 8.34. The lowest BCUT2D eigenvalue weighted by molar-refractivity contribution is 0.312. The number of aromatic nitrogens is 1. The summed E-state index contributed by atoms with van der Waals surface area (Å²) in [6.07, 6.45) is 1.91. The van der Waals surface area contributed by atoms with Crippen LogP contribution in [0, 0.1) is 0 Å². The second-order valence-electron chi connectivity index (χ2n) is 4.65. The van der Waals surface area contributed by atoms with Crippen molar-refractivity contribution in [3.05, 3.63) is 36.5 Å². The van der Waals surface area contributed by atoms with E-state index in [1.54, 1.807) is 0 Å². The molecule has 1 aromatic heterocycles. The third-order valence-electron chi connectivity index (χ3n) is 3.46. The molecule has 1 aliphatic rings. The van der Waals surface area contributed by atoms with Crippen LogP contribution in [0.25, 0.3) is 10.8 Å². The lowest BCUT2D eigenvalue weighted by atomic mass is 10.1. The molecule has 2 heterocycles. The Hall–Kier alpha value is -0.650. The standard InChI is InChI=1S/C14H17N3.2BrH/c1-16-8-10-17(11-9-16)14-13-5-3-2-4-12(13)6-7-15-14;;/h2-7H,8-11H2,1H3;2*1H. The fraction of sp³-hybridized carbons (Fsp3) is 0.357. The third kappa shape index (κ3) is 3.46. The fourth-order valence-corrected chi connectivity index (χ4v) is 2.37. The van der Waals surface area contributed by atoms with E-state index in [0.29, 0.717) is 0 Å². The molecule has 0 aliphatic carbocycles. The maximum atomic E-state index is 4.56. The van der Waals surface area contributed by atoms with Crippen molar-refractivity contribution in [2.24, 2.45) is 0 Å². The summed E-state index contributed by atoms with van der Waals surface area (Å²) in [7, 11) is 2.17. The van der Waals surface area contributed by atoms with Crippen LogP contribution >= 0.6 is 34.0 Å². The van der Waals surface area contributed by atoms with E-state index < -0.39 is 0 Å². The smallest absolute Gasteiger partial charge is 0.136 e. The van der Waals surface area contributed by atoms with Gasteiger partial charge in [0, 0.05) is 37.8 Å². The van der Waals surface area contributed by atoms with E-state index in [4.69, 9.17) is 0 Å². The number of hydrogen-bond acceptors (Lipinski definition) is 3. The van der Waals surface area contributed by atoms with Crippen molar-refractivity contribution in [3.8, 4) is 0 Å². The van der Waals surface area contributed by atoms with Crippen LogP contribution in [0.15, 0.2) is 36.5 Å². The Bertz CT molecular complexity index is 520. The molecule has 0 bridgehead atoms. The summed E-state index contributed by atoms with van der Waals surface area (Å²) in [5.74, 6) is 1.14. The lowest BCUT2D eigenvalue weighted by Gasteiger charge is -2.33. The van der Waals surface area contributed by atoms with Crippen LogP contribution in [0.3, 0.4) is 0 Å². The average molecular weight is 389 g/mol. The molecule has 5 heteroatoms. The molecule has 0 radical (unpaired) electrons. The molecular formula is C14H19Br2N3. The highest BCUT2D eigenvalue weighted by Gasteiger charge is 2.16. The van der Waals surface area contributed by atoms with E-state index in [2.05, 4.69) is 52.2 Å². The largest absolute Gasteiger partial charge is 0.354 e. The van der Waals surface area contributed by atoms with Gasteiger partial charge in [-0.3, -0.25) is 0 Å². The van der Waals surface area contributed by atoms with Crippen molar-refractivity contribution in [3.63, 3.8) is 0 Å². The number of nitrogens with zero attached hydrogens (tertiary/aromatic N) is 3. The second kappa shape index (κ2) is 7.22. The predicted molar refractivity (Wildman–Crippen MR) is 92.1 cm³/mol. The summed E-state index contributed by atoms with van der Waals surface area (Å²) in [6.45, 7) is 4.37. The molecule has 1 aromatic carbocycles. The Morgan fingerprint density at radius 3 is 2.37 bits per heavy atom. The Morgan fingerprint density at radius 1 is 0.947 bits per heavy atom. The van der Waals surface area contributed by atoms with Crippen molar-refractivity contribution >= 4 is 50.6 Å². The van der Waals surface area contributed by atoms with Gasteiger partial charge in [0.2, 0.25) is 0 Å². The number of benzene rings is 1. The average Bonchev–Trinajstić information content (AvgIpc) is 2.39. The minimum absolute atomic E-state index is 0. The quantitative estimate of drug-likeness (QED) is 0.748. The van der Waals surface area contributed by atoms with E-state index in [0.717, 1.165) is 32.0 Å². The number of likely N-dealkylation sites (N-methyl/N-ethyl adjacent to an activating group) is 1. The molecule has 1 saturated heterocycles. The molecule has 104 valence electrons. The highest BCUT2D eigenvalue weighted by Crippen LogP contribution is 2.24. The van der Waals surface area contributed by atoms with Crippen molar-refractivity contribution in [1.82, 2.24) is 9.88 Å². The third-order valence-corrected chi connectivity index (χ3v) is 3.46. The maximum Gasteiger partial charge on any atom is 0.136 e. The van der Waals surface area contributed by atoms with Crippen molar-refractivity contribution in [1.29, 1.82) is 0 Å². The van der Waals surface area contributed by atoms with Gasteiger partial charge in [-0.05, 0) is 18.5 Å². The van der Waals surface area contributed by atoms with Crippen molar-refractivity contribution < 1.29 is 0 Å². The molecule has 0 spiro atoms. The number of halogens is 2. The first-order valence-corrected chi connectivity index (χ1v) is 6.12. The molecule has 19 heavy (non-hydrogen) atoms. The number of rotatable bonds is 1. The van der Waals surface area contributed by atoms with E-state index in [1.165, 1.54) is 10.8 Å². The lowest BCUT2D eigenvalue weighted by Crippen LogP contribution is -2.44. The van der Waals surface area contributed by atoms with Gasteiger partial charge < -0.3 is 9.80 Å². The molecule has 0 saturated carbocycles. The first kappa shape index (κ1) is 16.4. The van der Waals surface area contributed by atoms with Crippen molar-refractivity contribution in [2.75, 3.05) is 38.1 Å². The first-order valence-electron chi connectivity index (χ1n) is 6.12.